The lowest BCUT2D eigenvalue weighted by atomic mass is 10.0. The van der Waals surface area contributed by atoms with Crippen LogP contribution in [0.1, 0.15) is 36.9 Å². The molecular formula is C12H19NO2S. The predicted octanol–water partition coefficient (Wildman–Crippen LogP) is 2.20. The van der Waals surface area contributed by atoms with Gasteiger partial charge in [0, 0.05) is 12.3 Å². The second-order valence-corrected chi connectivity index (χ2v) is 6.19. The number of sulfone groups is 1. The molecule has 0 aliphatic rings. The summed E-state index contributed by atoms with van der Waals surface area (Å²) in [6.45, 7) is 3.98. The number of benzene rings is 1. The van der Waals surface area contributed by atoms with E-state index in [2.05, 4.69) is 0 Å². The molecule has 16 heavy (non-hydrogen) atoms. The Morgan fingerprint density at radius 2 is 2.00 bits per heavy atom. The van der Waals surface area contributed by atoms with Gasteiger partial charge in [0.2, 0.25) is 0 Å². The monoisotopic (exact) mass is 241 g/mol. The molecule has 1 aromatic rings. The van der Waals surface area contributed by atoms with Crippen LogP contribution in [0.25, 0.3) is 0 Å². The Morgan fingerprint density at radius 3 is 2.50 bits per heavy atom. The molecule has 1 rings (SSSR count). The highest BCUT2D eigenvalue weighted by atomic mass is 32.2. The Kier molecular flexibility index (Phi) is 4.10. The summed E-state index contributed by atoms with van der Waals surface area (Å²) in [6.07, 6.45) is 2.96. The molecule has 0 amide bonds. The maximum absolute atomic E-state index is 11.6. The van der Waals surface area contributed by atoms with Gasteiger partial charge in [-0.05, 0) is 25.0 Å². The Labute approximate surface area is 97.6 Å². The molecule has 0 fully saturated rings. The molecule has 0 radical (unpaired) electrons. The molecule has 1 atom stereocenters. The summed E-state index contributed by atoms with van der Waals surface area (Å²) < 4.78 is 23.2. The van der Waals surface area contributed by atoms with Crippen LogP contribution in [0.5, 0.6) is 0 Å². The Balaban J connectivity index is 3.29. The van der Waals surface area contributed by atoms with Gasteiger partial charge in [0.25, 0.3) is 0 Å². The summed E-state index contributed by atoms with van der Waals surface area (Å²) >= 11 is 0. The van der Waals surface area contributed by atoms with E-state index in [1.54, 1.807) is 12.1 Å². The minimum absolute atomic E-state index is 0.199. The predicted molar refractivity (Wildman–Crippen MR) is 66.1 cm³/mol. The molecule has 2 N–H and O–H groups in total. The SMILES string of the molecule is CCCC(N)c1cc(C)ccc1S(C)(=O)=O. The fraction of sp³-hybridized carbons (Fsp3) is 0.500. The van der Waals surface area contributed by atoms with Crippen LogP contribution in [0, 0.1) is 6.92 Å². The minimum Gasteiger partial charge on any atom is -0.324 e. The van der Waals surface area contributed by atoms with Crippen LogP contribution in [0.3, 0.4) is 0 Å². The van der Waals surface area contributed by atoms with E-state index in [9.17, 15) is 8.42 Å². The van der Waals surface area contributed by atoms with Gasteiger partial charge >= 0.3 is 0 Å². The van der Waals surface area contributed by atoms with Gasteiger partial charge < -0.3 is 5.73 Å². The van der Waals surface area contributed by atoms with E-state index < -0.39 is 9.84 Å². The van der Waals surface area contributed by atoms with Crippen LogP contribution in [-0.2, 0) is 9.84 Å². The van der Waals surface area contributed by atoms with Gasteiger partial charge in [0.1, 0.15) is 0 Å². The van der Waals surface area contributed by atoms with Crippen molar-refractivity contribution in [3.63, 3.8) is 0 Å². The third-order valence-corrected chi connectivity index (χ3v) is 3.73. The van der Waals surface area contributed by atoms with Crippen molar-refractivity contribution in [2.45, 2.75) is 37.6 Å². The largest absolute Gasteiger partial charge is 0.324 e. The Bertz CT molecular complexity index is 466. The molecule has 90 valence electrons. The van der Waals surface area contributed by atoms with E-state index in [0.717, 1.165) is 24.0 Å². The first kappa shape index (κ1) is 13.2. The third-order valence-electron chi connectivity index (χ3n) is 2.56. The summed E-state index contributed by atoms with van der Waals surface area (Å²) in [4.78, 5) is 0.360. The second-order valence-electron chi connectivity index (χ2n) is 4.21. The number of hydrogen-bond acceptors (Lipinski definition) is 3. The van der Waals surface area contributed by atoms with Crippen molar-refractivity contribution in [2.75, 3.05) is 6.26 Å². The molecule has 0 saturated carbocycles. The standard InChI is InChI=1S/C12H19NO2S/c1-4-5-11(13)10-8-9(2)6-7-12(10)16(3,14)15/h6-8,11H,4-5,13H2,1-3H3. The number of nitrogens with two attached hydrogens (primary N) is 1. The quantitative estimate of drug-likeness (QED) is 0.879. The minimum atomic E-state index is -3.19. The van der Waals surface area contributed by atoms with E-state index in [0.29, 0.717) is 4.90 Å². The normalized spacial score (nSPS) is 13.8. The Hall–Kier alpha value is -0.870. The fourth-order valence-corrected chi connectivity index (χ4v) is 2.72. The highest BCUT2D eigenvalue weighted by Gasteiger charge is 2.17. The summed E-state index contributed by atoms with van der Waals surface area (Å²) in [5.74, 6) is 0. The van der Waals surface area contributed by atoms with Gasteiger partial charge in [-0.2, -0.15) is 0 Å². The van der Waals surface area contributed by atoms with Gasteiger partial charge in [0.15, 0.2) is 9.84 Å². The molecule has 0 aliphatic heterocycles. The highest BCUT2D eigenvalue weighted by Crippen LogP contribution is 2.25. The van der Waals surface area contributed by atoms with Crippen molar-refractivity contribution in [2.24, 2.45) is 5.73 Å². The van der Waals surface area contributed by atoms with E-state index in [1.807, 2.05) is 19.9 Å². The van der Waals surface area contributed by atoms with Crippen LogP contribution in [-0.4, -0.2) is 14.7 Å². The molecule has 0 bridgehead atoms. The first-order valence-corrected chi connectivity index (χ1v) is 7.31. The molecule has 0 spiro atoms. The average molecular weight is 241 g/mol. The zero-order valence-corrected chi connectivity index (χ0v) is 10.8. The van der Waals surface area contributed by atoms with Crippen LogP contribution in [0.2, 0.25) is 0 Å². The zero-order valence-electron chi connectivity index (χ0n) is 10.0. The fourth-order valence-electron chi connectivity index (χ4n) is 1.76. The summed E-state index contributed by atoms with van der Waals surface area (Å²) in [6, 6.07) is 5.12. The molecule has 4 heteroatoms. The van der Waals surface area contributed by atoms with Crippen molar-refractivity contribution in [3.8, 4) is 0 Å². The summed E-state index contributed by atoms with van der Waals surface area (Å²) in [5.41, 5.74) is 7.78. The molecule has 1 aromatic carbocycles. The van der Waals surface area contributed by atoms with Gasteiger partial charge in [-0.25, -0.2) is 8.42 Å². The first-order chi connectivity index (χ1) is 7.36. The van der Waals surface area contributed by atoms with Crippen LogP contribution < -0.4 is 5.73 Å². The third kappa shape index (κ3) is 3.06. The van der Waals surface area contributed by atoms with Crippen LogP contribution >= 0.6 is 0 Å². The van der Waals surface area contributed by atoms with Crippen molar-refractivity contribution in [3.05, 3.63) is 29.3 Å². The van der Waals surface area contributed by atoms with Crippen LogP contribution in [0.4, 0.5) is 0 Å². The smallest absolute Gasteiger partial charge is 0.175 e. The number of hydrogen-bond donors (Lipinski definition) is 1. The summed E-state index contributed by atoms with van der Waals surface area (Å²) in [7, 11) is -3.19. The maximum Gasteiger partial charge on any atom is 0.175 e. The lowest BCUT2D eigenvalue weighted by Gasteiger charge is -2.15. The van der Waals surface area contributed by atoms with Crippen molar-refractivity contribution in [1.29, 1.82) is 0 Å². The second kappa shape index (κ2) is 4.97. The molecule has 3 nitrogen and oxygen atoms in total. The van der Waals surface area contributed by atoms with E-state index in [-0.39, 0.29) is 6.04 Å². The maximum atomic E-state index is 11.6. The van der Waals surface area contributed by atoms with Gasteiger partial charge in [-0.1, -0.05) is 31.0 Å². The highest BCUT2D eigenvalue weighted by molar-refractivity contribution is 7.90. The average Bonchev–Trinajstić information content (AvgIpc) is 2.16. The molecule has 1 unspecified atom stereocenters. The van der Waals surface area contributed by atoms with Gasteiger partial charge in [-0.15, -0.1) is 0 Å². The van der Waals surface area contributed by atoms with Crippen molar-refractivity contribution >= 4 is 9.84 Å². The summed E-state index contributed by atoms with van der Waals surface area (Å²) in [5, 5.41) is 0. The lowest BCUT2D eigenvalue weighted by molar-refractivity contribution is 0.591. The molecule has 0 heterocycles. The van der Waals surface area contributed by atoms with E-state index in [4.69, 9.17) is 5.73 Å². The van der Waals surface area contributed by atoms with E-state index in [1.165, 1.54) is 6.26 Å². The molecule has 0 aliphatic carbocycles. The molecule has 0 aromatic heterocycles. The van der Waals surface area contributed by atoms with Gasteiger partial charge in [0.05, 0.1) is 4.90 Å². The van der Waals surface area contributed by atoms with Gasteiger partial charge in [-0.3, -0.25) is 0 Å². The van der Waals surface area contributed by atoms with Crippen molar-refractivity contribution < 1.29 is 8.42 Å². The van der Waals surface area contributed by atoms with Crippen molar-refractivity contribution in [1.82, 2.24) is 0 Å². The topological polar surface area (TPSA) is 60.2 Å². The Morgan fingerprint density at radius 1 is 1.38 bits per heavy atom. The number of aryl methyl sites for hydroxylation is 1. The first-order valence-electron chi connectivity index (χ1n) is 5.42. The molecule has 0 saturated heterocycles. The van der Waals surface area contributed by atoms with Crippen LogP contribution in [0.15, 0.2) is 23.1 Å². The number of rotatable bonds is 4. The van der Waals surface area contributed by atoms with E-state index >= 15 is 0 Å². The lowest BCUT2D eigenvalue weighted by Crippen LogP contribution is -2.14. The molecular weight excluding hydrogens is 222 g/mol. The zero-order chi connectivity index (χ0) is 12.3.